The van der Waals surface area contributed by atoms with E-state index >= 15 is 0 Å². The van der Waals surface area contributed by atoms with Crippen LogP contribution in [-0.2, 0) is 23.4 Å². The van der Waals surface area contributed by atoms with Crippen molar-refractivity contribution in [1.82, 2.24) is 0 Å². The molecule has 29 heavy (non-hydrogen) atoms. The van der Waals surface area contributed by atoms with Crippen molar-refractivity contribution >= 4 is 24.5 Å². The van der Waals surface area contributed by atoms with E-state index in [1.54, 1.807) is 13.8 Å². The molecule has 2 aliphatic heterocycles. The number of hydrogen-bond acceptors (Lipinski definition) is 5. The third-order valence-electron chi connectivity index (χ3n) is 5.53. The molecule has 4 rings (SSSR count). The van der Waals surface area contributed by atoms with Crippen LogP contribution in [0.3, 0.4) is 0 Å². The fourth-order valence-corrected chi connectivity index (χ4v) is 8.79. The number of benzene rings is 2. The second-order valence-electron chi connectivity index (χ2n) is 9.08. The third-order valence-corrected chi connectivity index (χ3v) is 10.5. The lowest BCUT2D eigenvalue weighted by Crippen LogP contribution is -2.68. The van der Waals surface area contributed by atoms with Crippen molar-refractivity contribution in [3.05, 3.63) is 60.7 Å². The Morgan fingerprint density at radius 1 is 0.897 bits per heavy atom. The van der Waals surface area contributed by atoms with Crippen molar-refractivity contribution in [2.75, 3.05) is 0 Å². The van der Waals surface area contributed by atoms with E-state index in [4.69, 9.17) is 18.6 Å². The first-order chi connectivity index (χ1) is 13.6. The smallest absolute Gasteiger partial charge is 0.265 e. The Bertz CT molecular complexity index is 836. The molecule has 3 atom stereocenters. The first-order valence-corrected chi connectivity index (χ1v) is 11.9. The maximum absolute atomic E-state index is 13.1. The van der Waals surface area contributed by atoms with Crippen LogP contribution in [0.5, 0.6) is 0 Å². The average molecular weight is 413 g/mol. The zero-order chi connectivity index (χ0) is 20.9. The predicted molar refractivity (Wildman–Crippen MR) is 112 cm³/mol. The Labute approximate surface area is 173 Å². The summed E-state index contributed by atoms with van der Waals surface area (Å²) >= 11 is 0. The Hall–Kier alpha value is -1.83. The van der Waals surface area contributed by atoms with Crippen LogP contribution >= 0.6 is 0 Å². The van der Waals surface area contributed by atoms with Gasteiger partial charge in [0.25, 0.3) is 8.32 Å². The number of ketones is 1. The van der Waals surface area contributed by atoms with Gasteiger partial charge in [-0.1, -0.05) is 81.4 Å². The highest BCUT2D eigenvalue weighted by molar-refractivity contribution is 6.99. The lowest BCUT2D eigenvalue weighted by atomic mass is 10.2. The van der Waals surface area contributed by atoms with Crippen LogP contribution in [0.15, 0.2) is 60.7 Å². The maximum Gasteiger partial charge on any atom is 0.265 e. The maximum atomic E-state index is 13.1. The molecule has 5 nitrogen and oxygen atoms in total. The molecule has 2 aliphatic rings. The topological polar surface area (TPSA) is 54.0 Å². The van der Waals surface area contributed by atoms with Crippen LogP contribution in [0, 0.1) is 0 Å². The van der Waals surface area contributed by atoms with E-state index in [0.29, 0.717) is 0 Å². The summed E-state index contributed by atoms with van der Waals surface area (Å²) in [7, 11) is -2.90. The molecule has 2 fully saturated rings. The van der Waals surface area contributed by atoms with Crippen LogP contribution in [0.25, 0.3) is 0 Å². The largest absolute Gasteiger partial charge is 0.377 e. The second-order valence-corrected chi connectivity index (χ2v) is 13.3. The van der Waals surface area contributed by atoms with E-state index in [0.717, 1.165) is 10.4 Å². The normalized spacial score (nSPS) is 26.5. The van der Waals surface area contributed by atoms with E-state index in [-0.39, 0.29) is 10.8 Å². The number of fused-ring (bicyclic) bond motifs is 1. The van der Waals surface area contributed by atoms with Gasteiger partial charge >= 0.3 is 0 Å². The molecular formula is C23H28O5Si. The van der Waals surface area contributed by atoms with E-state index in [9.17, 15) is 4.79 Å². The molecule has 0 bridgehead atoms. The van der Waals surface area contributed by atoms with Gasteiger partial charge in [-0.2, -0.15) is 0 Å². The zero-order valence-corrected chi connectivity index (χ0v) is 18.5. The van der Waals surface area contributed by atoms with Gasteiger partial charge in [0.15, 0.2) is 18.2 Å². The predicted octanol–water partition coefficient (Wildman–Crippen LogP) is 2.97. The van der Waals surface area contributed by atoms with Crippen molar-refractivity contribution in [1.29, 1.82) is 0 Å². The van der Waals surface area contributed by atoms with E-state index in [1.165, 1.54) is 0 Å². The molecule has 0 aromatic heterocycles. The summed E-state index contributed by atoms with van der Waals surface area (Å²) in [5, 5.41) is 1.93. The number of ether oxygens (including phenoxy) is 3. The molecule has 2 aromatic carbocycles. The van der Waals surface area contributed by atoms with Gasteiger partial charge in [-0.05, 0) is 29.3 Å². The van der Waals surface area contributed by atoms with Gasteiger partial charge in [0.05, 0.1) is 0 Å². The highest BCUT2D eigenvalue weighted by Crippen LogP contribution is 2.41. The number of carbonyl (C=O) groups is 1. The van der Waals surface area contributed by atoms with Crippen LogP contribution in [0.1, 0.15) is 34.6 Å². The first kappa shape index (κ1) is 20.4. The summed E-state index contributed by atoms with van der Waals surface area (Å²) in [6, 6.07) is 20.4. The summed E-state index contributed by atoms with van der Waals surface area (Å²) in [6.07, 6.45) is -2.51. The highest BCUT2D eigenvalue weighted by Gasteiger charge is 2.59. The van der Waals surface area contributed by atoms with Gasteiger partial charge in [0.2, 0.25) is 12.1 Å². The Balaban J connectivity index is 1.77. The number of hydrogen-bond donors (Lipinski definition) is 0. The second kappa shape index (κ2) is 7.14. The highest BCUT2D eigenvalue weighted by atomic mass is 28.4. The fourth-order valence-electron chi connectivity index (χ4n) is 4.28. The van der Waals surface area contributed by atoms with Crippen molar-refractivity contribution in [2.45, 2.75) is 64.1 Å². The zero-order valence-electron chi connectivity index (χ0n) is 17.5. The molecule has 2 heterocycles. The van der Waals surface area contributed by atoms with Gasteiger partial charge in [-0.3, -0.25) is 4.79 Å². The van der Waals surface area contributed by atoms with Crippen LogP contribution in [-0.4, -0.2) is 38.6 Å². The molecule has 154 valence electrons. The molecule has 0 amide bonds. The molecule has 6 heteroatoms. The van der Waals surface area contributed by atoms with Crippen molar-refractivity contribution in [3.63, 3.8) is 0 Å². The number of rotatable bonds is 4. The van der Waals surface area contributed by atoms with Crippen LogP contribution in [0.4, 0.5) is 0 Å². The minimum Gasteiger partial charge on any atom is -0.377 e. The van der Waals surface area contributed by atoms with Gasteiger partial charge in [0.1, 0.15) is 0 Å². The van der Waals surface area contributed by atoms with E-state index < -0.39 is 32.8 Å². The molecule has 2 saturated heterocycles. The number of Topliss-reactive ketones (excluding diaryl/α,β-unsaturated/α-hetero) is 1. The number of carbonyl (C=O) groups excluding carboxylic acids is 1. The van der Waals surface area contributed by atoms with E-state index in [1.807, 2.05) is 36.4 Å². The SMILES string of the molecule is CC1(C)O[C@H]2O[C@H](O[Si](c3ccccc3)(c3ccccc3)C(C)(C)C)C(=O)[C@H]2O1. The third kappa shape index (κ3) is 3.49. The Morgan fingerprint density at radius 3 is 1.86 bits per heavy atom. The van der Waals surface area contributed by atoms with Crippen molar-refractivity contribution < 1.29 is 23.4 Å². The molecule has 0 unspecified atom stereocenters. The summed E-state index contributed by atoms with van der Waals surface area (Å²) in [5.41, 5.74) is 0. The standard InChI is InChI=1S/C23H28O5Si/c1-22(2,3)29(16-12-8-6-9-13-16,17-14-10-7-11-15-17)28-20-18(24)19-21(25-20)27-23(4,5)26-19/h6-15,19-21H,1-5H3/t19-,20-,21-/m1/s1. The summed E-state index contributed by atoms with van der Waals surface area (Å²) < 4.78 is 24.2. The lowest BCUT2D eigenvalue weighted by Gasteiger charge is -2.44. The lowest BCUT2D eigenvalue weighted by molar-refractivity contribution is -0.227. The van der Waals surface area contributed by atoms with Gasteiger partial charge < -0.3 is 18.6 Å². The first-order valence-electron chi connectivity index (χ1n) is 9.98. The molecule has 0 radical (unpaired) electrons. The minimum absolute atomic E-state index is 0.214. The van der Waals surface area contributed by atoms with Gasteiger partial charge in [-0.25, -0.2) is 0 Å². The molecular weight excluding hydrogens is 384 g/mol. The van der Waals surface area contributed by atoms with E-state index in [2.05, 4.69) is 45.0 Å². The fraction of sp³-hybridized carbons (Fsp3) is 0.435. The minimum atomic E-state index is -2.90. The summed E-state index contributed by atoms with van der Waals surface area (Å²) in [4.78, 5) is 13.1. The van der Waals surface area contributed by atoms with Crippen LogP contribution < -0.4 is 10.4 Å². The quantitative estimate of drug-likeness (QED) is 0.723. The Morgan fingerprint density at radius 2 is 1.41 bits per heavy atom. The molecule has 0 N–H and O–H groups in total. The average Bonchev–Trinajstić information content (AvgIpc) is 3.12. The van der Waals surface area contributed by atoms with Gasteiger partial charge in [0, 0.05) is 0 Å². The van der Waals surface area contributed by atoms with Crippen molar-refractivity contribution in [3.8, 4) is 0 Å². The summed E-state index contributed by atoms with van der Waals surface area (Å²) in [5.74, 6) is -1.05. The molecule has 0 aliphatic carbocycles. The van der Waals surface area contributed by atoms with Gasteiger partial charge in [-0.15, -0.1) is 0 Å². The van der Waals surface area contributed by atoms with Crippen molar-refractivity contribution in [2.24, 2.45) is 0 Å². The molecule has 2 aromatic rings. The Kier molecular flexibility index (Phi) is 5.03. The monoisotopic (exact) mass is 412 g/mol. The summed E-state index contributed by atoms with van der Waals surface area (Å²) in [6.45, 7) is 10.0. The van der Waals surface area contributed by atoms with Crippen LogP contribution in [0.2, 0.25) is 5.04 Å². The molecule has 0 spiro atoms. The molecule has 0 saturated carbocycles.